The van der Waals surface area contributed by atoms with Crippen LogP contribution in [0.25, 0.3) is 0 Å². The molecule has 0 atom stereocenters. The Balaban J connectivity index is 2.15. The number of hydrogen-bond donors (Lipinski definition) is 0. The van der Waals surface area contributed by atoms with Crippen molar-refractivity contribution in [2.24, 2.45) is 0 Å². The molecule has 0 amide bonds. The molecule has 1 radical (unpaired) electrons. The molecule has 1 aliphatic carbocycles. The Labute approximate surface area is 69.8 Å². The van der Waals surface area contributed by atoms with E-state index in [9.17, 15) is 0 Å². The van der Waals surface area contributed by atoms with Crippen molar-refractivity contribution in [2.75, 3.05) is 0 Å². The van der Waals surface area contributed by atoms with Crippen LogP contribution in [0.4, 0.5) is 0 Å². The van der Waals surface area contributed by atoms with Gasteiger partial charge in [0.25, 0.3) is 0 Å². The summed E-state index contributed by atoms with van der Waals surface area (Å²) in [6, 6.07) is 0. The first-order valence-electron chi connectivity index (χ1n) is 4.55. The molecule has 0 aromatic rings. The number of hydrogen-bond acceptors (Lipinski definition) is 0. The molecule has 1 fully saturated rings. The molecule has 1 saturated carbocycles. The molecule has 0 aromatic heterocycles. The predicted octanol–water partition coefficient (Wildman–Crippen LogP) is 3.69. The molecule has 0 bridgehead atoms. The summed E-state index contributed by atoms with van der Waals surface area (Å²) >= 11 is 5.30. The average Bonchev–Trinajstić information content (AvgIpc) is 2.02. The molecule has 0 aromatic carbocycles. The van der Waals surface area contributed by atoms with Crippen LogP contribution in [0.2, 0.25) is 0 Å². The van der Waals surface area contributed by atoms with Crippen LogP contribution < -0.4 is 0 Å². The molecule has 0 N–H and O–H groups in total. The van der Waals surface area contributed by atoms with Gasteiger partial charge in [-0.3, -0.25) is 0 Å². The summed E-state index contributed by atoms with van der Waals surface area (Å²) in [5, 5.41) is 0.595. The largest absolute Gasteiger partial charge is 0.0904 e. The van der Waals surface area contributed by atoms with Gasteiger partial charge in [0.05, 0.1) is 0 Å². The molecule has 0 saturated heterocycles. The Morgan fingerprint density at radius 2 is 1.10 bits per heavy atom. The fourth-order valence-corrected chi connectivity index (χ4v) is 1.93. The lowest BCUT2D eigenvalue weighted by molar-refractivity contribution is 0.624. The quantitative estimate of drug-likeness (QED) is 0.503. The van der Waals surface area contributed by atoms with Gasteiger partial charge in [-0.2, -0.15) is 0 Å². The summed E-state index contributed by atoms with van der Waals surface area (Å²) in [6.07, 6.45) is 11.1. The maximum atomic E-state index is 5.30. The highest BCUT2D eigenvalue weighted by molar-refractivity contribution is 7.80. The molecule has 0 spiro atoms. The molecule has 1 rings (SSSR count). The first-order valence-corrected chi connectivity index (χ1v) is 5.02. The van der Waals surface area contributed by atoms with E-state index in [0.717, 1.165) is 0 Å². The van der Waals surface area contributed by atoms with Gasteiger partial charge < -0.3 is 0 Å². The van der Waals surface area contributed by atoms with Crippen LogP contribution in [0.5, 0.6) is 0 Å². The number of rotatable bonds is 0. The second-order valence-corrected chi connectivity index (χ2v) is 3.99. The van der Waals surface area contributed by atoms with Crippen molar-refractivity contribution in [3.8, 4) is 0 Å². The van der Waals surface area contributed by atoms with Crippen LogP contribution in [0, 0.1) is 0 Å². The Hall–Kier alpha value is 0.350. The van der Waals surface area contributed by atoms with E-state index < -0.39 is 0 Å². The van der Waals surface area contributed by atoms with Crippen molar-refractivity contribution in [3.05, 3.63) is 0 Å². The molecule has 0 nitrogen and oxygen atoms in total. The van der Waals surface area contributed by atoms with Crippen molar-refractivity contribution < 1.29 is 0 Å². The van der Waals surface area contributed by atoms with E-state index in [1.165, 1.54) is 51.4 Å². The fourth-order valence-electron chi connectivity index (χ4n) is 1.60. The summed E-state index contributed by atoms with van der Waals surface area (Å²) in [5.41, 5.74) is 0. The summed E-state index contributed by atoms with van der Waals surface area (Å²) in [4.78, 5) is 0. The first kappa shape index (κ1) is 8.45. The van der Waals surface area contributed by atoms with Gasteiger partial charge in [0.1, 0.15) is 0 Å². The minimum atomic E-state index is 0.595. The van der Waals surface area contributed by atoms with Crippen LogP contribution in [0.3, 0.4) is 0 Å². The van der Waals surface area contributed by atoms with Crippen molar-refractivity contribution >= 4 is 12.6 Å². The molecule has 1 aliphatic rings. The lowest BCUT2D eigenvalue weighted by Crippen LogP contribution is -1.96. The lowest BCUT2D eigenvalue weighted by atomic mass is 10.1. The van der Waals surface area contributed by atoms with Gasteiger partial charge in [0, 0.05) is 5.25 Å². The monoisotopic (exact) mass is 157 g/mol. The highest BCUT2D eigenvalue weighted by Crippen LogP contribution is 2.19. The lowest BCUT2D eigenvalue weighted by Gasteiger charge is -2.05. The van der Waals surface area contributed by atoms with Gasteiger partial charge in [-0.1, -0.05) is 51.2 Å². The zero-order valence-corrected chi connectivity index (χ0v) is 7.46. The van der Waals surface area contributed by atoms with E-state index in [0.29, 0.717) is 5.25 Å². The van der Waals surface area contributed by atoms with Crippen LogP contribution in [0.1, 0.15) is 51.4 Å². The second-order valence-electron chi connectivity index (χ2n) is 3.32. The minimum absolute atomic E-state index is 0.595. The average molecular weight is 157 g/mol. The van der Waals surface area contributed by atoms with E-state index in [2.05, 4.69) is 0 Å². The van der Waals surface area contributed by atoms with Gasteiger partial charge in [0.15, 0.2) is 0 Å². The molecule has 0 aliphatic heterocycles. The zero-order chi connectivity index (χ0) is 7.23. The summed E-state index contributed by atoms with van der Waals surface area (Å²) in [7, 11) is 0. The summed E-state index contributed by atoms with van der Waals surface area (Å²) < 4.78 is 0. The highest BCUT2D eigenvalue weighted by atomic mass is 32.1. The maximum Gasteiger partial charge on any atom is 0.0151 e. The molecule has 0 unspecified atom stereocenters. The third kappa shape index (κ3) is 3.50. The minimum Gasteiger partial charge on any atom is -0.0904 e. The van der Waals surface area contributed by atoms with Crippen molar-refractivity contribution in [1.82, 2.24) is 0 Å². The van der Waals surface area contributed by atoms with Gasteiger partial charge in [-0.15, -0.1) is 0 Å². The summed E-state index contributed by atoms with van der Waals surface area (Å²) in [5.74, 6) is 0. The topological polar surface area (TPSA) is 0 Å². The van der Waals surface area contributed by atoms with E-state index in [1.807, 2.05) is 0 Å². The van der Waals surface area contributed by atoms with Crippen molar-refractivity contribution in [1.29, 1.82) is 0 Å². The molecular weight excluding hydrogens is 140 g/mol. The zero-order valence-electron chi connectivity index (χ0n) is 6.64. The Morgan fingerprint density at radius 3 is 1.60 bits per heavy atom. The van der Waals surface area contributed by atoms with E-state index in [1.54, 1.807) is 0 Å². The highest BCUT2D eigenvalue weighted by Gasteiger charge is 2.05. The van der Waals surface area contributed by atoms with Crippen molar-refractivity contribution in [2.45, 2.75) is 56.6 Å². The van der Waals surface area contributed by atoms with Gasteiger partial charge in [0.2, 0.25) is 0 Å². The SMILES string of the molecule is [S]C1CCCCCCCC1. The van der Waals surface area contributed by atoms with Gasteiger partial charge in [-0.05, 0) is 12.8 Å². The predicted molar refractivity (Wildman–Crippen MR) is 48.3 cm³/mol. The third-order valence-electron chi connectivity index (χ3n) is 2.30. The standard InChI is InChI=1S/C9H17S/c10-9-7-5-3-1-2-4-6-8-9/h9H,1-8H2. The Kier molecular flexibility index (Phi) is 4.27. The maximum absolute atomic E-state index is 5.30. The smallest absolute Gasteiger partial charge is 0.0151 e. The van der Waals surface area contributed by atoms with Crippen molar-refractivity contribution in [3.63, 3.8) is 0 Å². The van der Waals surface area contributed by atoms with Crippen LogP contribution in [-0.4, -0.2) is 5.25 Å². The fraction of sp³-hybridized carbons (Fsp3) is 1.00. The van der Waals surface area contributed by atoms with Crippen LogP contribution in [-0.2, 0) is 0 Å². The van der Waals surface area contributed by atoms with Crippen LogP contribution >= 0.6 is 12.6 Å². The molecular formula is C9H17S. The molecule has 0 heterocycles. The molecule has 1 heteroatoms. The first-order chi connectivity index (χ1) is 4.89. The Bertz CT molecular complexity index is 70.8. The Morgan fingerprint density at radius 1 is 0.700 bits per heavy atom. The molecule has 10 heavy (non-hydrogen) atoms. The van der Waals surface area contributed by atoms with E-state index in [-0.39, 0.29) is 0 Å². The van der Waals surface area contributed by atoms with E-state index >= 15 is 0 Å². The van der Waals surface area contributed by atoms with Gasteiger partial charge >= 0.3 is 0 Å². The summed E-state index contributed by atoms with van der Waals surface area (Å²) in [6.45, 7) is 0. The third-order valence-corrected chi connectivity index (χ3v) is 2.77. The second kappa shape index (κ2) is 5.06. The normalized spacial score (nSPS) is 24.9. The van der Waals surface area contributed by atoms with E-state index in [4.69, 9.17) is 12.6 Å². The van der Waals surface area contributed by atoms with Crippen LogP contribution in [0.15, 0.2) is 0 Å². The van der Waals surface area contributed by atoms with Gasteiger partial charge in [-0.25, -0.2) is 0 Å². The molecule has 59 valence electrons.